The third-order valence-electron chi connectivity index (χ3n) is 1.66. The average molecular weight is 440 g/mol. The van der Waals surface area contributed by atoms with E-state index >= 15 is 0 Å². The van der Waals surface area contributed by atoms with Crippen LogP contribution < -0.4 is 0 Å². The molecule has 14 heavy (non-hydrogen) atoms. The lowest BCUT2D eigenvalue weighted by molar-refractivity contribution is 5.27. The third-order valence-corrected chi connectivity index (χ3v) is 124. The second-order valence-electron chi connectivity index (χ2n) is 2.45. The van der Waals surface area contributed by atoms with E-state index in [9.17, 15) is 0 Å². The minimum Gasteiger partial charge on any atom is -0.0678 e. The van der Waals surface area contributed by atoms with E-state index in [1.165, 1.54) is 0 Å². The molecule has 0 radical (unpaired) electrons. The molecule has 0 fully saturated rings. The predicted molar refractivity (Wildman–Crippen MR) is 95.5 cm³/mol. The number of hydrogen-bond donors (Lipinski definition) is 0. The summed E-state index contributed by atoms with van der Waals surface area (Å²) >= 11 is 0. The highest BCUT2D eigenvalue weighted by atomic mass is 33.6. The molecule has 0 aliphatic carbocycles. The molecule has 0 unspecified atom stereocenters. The lowest BCUT2D eigenvalue weighted by Gasteiger charge is -1.52. The van der Waals surface area contributed by atoms with Crippen molar-refractivity contribution >= 4 is 108 Å². The molecule has 8 rings (SSSR count). The van der Waals surface area contributed by atoms with E-state index in [1.807, 2.05) is 0 Å². The van der Waals surface area contributed by atoms with Crippen molar-refractivity contribution in [1.29, 1.82) is 0 Å². The van der Waals surface area contributed by atoms with Crippen molar-refractivity contribution < 1.29 is 0 Å². The minimum absolute atomic E-state index is 0.505. The molecule has 0 amide bonds. The summed E-state index contributed by atoms with van der Waals surface area (Å²) in [6.07, 6.45) is 0. The Morgan fingerprint density at radius 3 is 0.643 bits per heavy atom. The van der Waals surface area contributed by atoms with Crippen LogP contribution in [0.15, 0.2) is 0 Å². The predicted octanol–water partition coefficient (Wildman–Crippen LogP) is 10.6. The van der Waals surface area contributed by atoms with Gasteiger partial charge in [-0.1, -0.05) is 63.3 Å². The van der Waals surface area contributed by atoms with Gasteiger partial charge in [-0.05, 0) is 0 Å². The molecule has 0 spiro atoms. The topological polar surface area (TPSA) is 0 Å². The molecule has 8 aromatic rings. The molecule has 0 nitrogen and oxygen atoms in total. The van der Waals surface area contributed by atoms with Crippen LogP contribution >= 0.6 is 108 Å². The summed E-state index contributed by atoms with van der Waals surface area (Å²) in [6.45, 7) is 0. The second-order valence-corrected chi connectivity index (χ2v) is 66.2. The van der Waals surface area contributed by atoms with Crippen LogP contribution in [0.4, 0.5) is 0 Å². The van der Waals surface area contributed by atoms with Crippen molar-refractivity contribution in [2.75, 3.05) is 0 Å². The van der Waals surface area contributed by atoms with Crippen LogP contribution in [-0.2, 0) is 0 Å². The Balaban J connectivity index is 0.0000000771. The lowest BCUT2D eigenvalue weighted by atomic mass is 29.9. The Morgan fingerprint density at radius 2 is 0.571 bits per heavy atom. The molecule has 0 aliphatic heterocycles. The Labute approximate surface area is 107 Å². The molecule has 76 valence electrons. The Bertz CT molecular complexity index is 644. The van der Waals surface area contributed by atoms with E-state index < -0.39 is 0 Å². The normalized spacial score (nSPS) is 24.0. The van der Waals surface area contributed by atoms with Gasteiger partial charge >= 0.3 is 0 Å². The summed E-state index contributed by atoms with van der Waals surface area (Å²) in [5, 5.41) is 0. The van der Waals surface area contributed by atoms with E-state index in [4.69, 9.17) is 0 Å². The van der Waals surface area contributed by atoms with Gasteiger partial charge in [-0.25, -0.2) is 0 Å². The van der Waals surface area contributed by atoms with Gasteiger partial charge in [-0.3, -0.25) is 0 Å². The van der Waals surface area contributed by atoms with Crippen LogP contribution in [0.5, 0.6) is 0 Å². The lowest BCUT2D eigenvalue weighted by Crippen LogP contribution is -0.789. The maximum atomic E-state index is 2.38. The van der Waals surface area contributed by atoms with Gasteiger partial charge in [0.1, 0.15) is 0 Å². The van der Waals surface area contributed by atoms with E-state index in [2.05, 4.69) is 63.3 Å². The Hall–Kier alpha value is 3.72. The van der Waals surface area contributed by atoms with Crippen molar-refractivity contribution in [1.82, 2.24) is 0 Å². The molecule has 8 aromatic heterocycles. The molecule has 0 saturated heterocycles. The highest BCUT2D eigenvalue weighted by Gasteiger charge is 2.19. The average Bonchev–Trinajstić information content (AvgIpc) is 2.92. The molecular weight excluding hydrogens is 440 g/mol. The first-order valence-electron chi connectivity index (χ1n) is 3.39. The summed E-state index contributed by atoms with van der Waals surface area (Å²) in [7, 11) is 14.3. The smallest absolute Gasteiger partial charge is 0.0678 e. The van der Waals surface area contributed by atoms with Crippen molar-refractivity contribution in [3.05, 3.63) is 0 Å². The molecule has 8 bridgehead atoms. The van der Waals surface area contributed by atoms with Crippen molar-refractivity contribution in [2.45, 2.75) is 0 Å². The van der Waals surface area contributed by atoms with E-state index in [0.29, 0.717) is 45.0 Å². The molecule has 0 aliphatic rings. The zero-order chi connectivity index (χ0) is 8.86. The summed E-state index contributed by atoms with van der Waals surface area (Å²) in [5.41, 5.74) is 0. The third kappa shape index (κ3) is 1.50. The van der Waals surface area contributed by atoms with Gasteiger partial charge < -0.3 is 0 Å². The van der Waals surface area contributed by atoms with Gasteiger partial charge in [0, 0.05) is 35.2 Å². The Morgan fingerprint density at radius 1 is 0.357 bits per heavy atom. The van der Waals surface area contributed by atoms with Crippen LogP contribution in [0.25, 0.3) is 0 Å². The first-order chi connectivity index (χ1) is 6.90. The summed E-state index contributed by atoms with van der Waals surface area (Å²) < 4.78 is 0. The SMILES string of the molecule is s1p2sp3p1p3s2.s1p2sp3p1p3s2. The van der Waals surface area contributed by atoms with Crippen molar-refractivity contribution in [3.63, 3.8) is 0 Å². The fraction of sp³-hybridized carbons (Fsp3) is 0. The fourth-order valence-corrected chi connectivity index (χ4v) is 245. The molecular formula is P8S6. The maximum Gasteiger partial charge on any atom is 0.0833 e. The monoisotopic (exact) mass is 440 g/mol. The van der Waals surface area contributed by atoms with Gasteiger partial charge in [-0.2, -0.15) is 0 Å². The minimum atomic E-state index is 0.505. The number of hydrogen-bond acceptors (Lipinski definition) is 6. The fourth-order valence-electron chi connectivity index (χ4n) is 1.01. The van der Waals surface area contributed by atoms with Gasteiger partial charge in [0.15, 0.2) is 0 Å². The van der Waals surface area contributed by atoms with Crippen molar-refractivity contribution in [3.8, 4) is 0 Å². The Kier molecular flexibility index (Phi) is 2.73. The molecule has 0 saturated carbocycles. The highest BCUT2D eigenvalue weighted by molar-refractivity contribution is 9.04. The quantitative estimate of drug-likeness (QED) is 0.220. The largest absolute Gasteiger partial charge is 0.0833 e. The number of rotatable bonds is 0. The molecule has 0 aromatic carbocycles. The second kappa shape index (κ2) is 3.63. The van der Waals surface area contributed by atoms with Gasteiger partial charge in [0.05, 0.1) is 9.75 Å². The molecule has 8 heterocycles. The summed E-state index contributed by atoms with van der Waals surface area (Å²) in [5.74, 6) is 4.29. The van der Waals surface area contributed by atoms with Crippen LogP contribution in [0, 0.1) is 0 Å². The van der Waals surface area contributed by atoms with Gasteiger partial charge in [0.2, 0.25) is 0 Å². The zero-order valence-corrected chi connectivity index (χ0v) is 18.1. The first kappa shape index (κ1) is 10.5. The van der Waals surface area contributed by atoms with E-state index in [1.54, 1.807) is 0 Å². The maximum absolute atomic E-state index is 2.38. The van der Waals surface area contributed by atoms with E-state index in [-0.39, 0.29) is 0 Å². The molecule has 14 heteroatoms. The highest BCUT2D eigenvalue weighted by Crippen LogP contribution is 2.98. The zero-order valence-electron chi connectivity index (χ0n) is 6.03. The van der Waals surface area contributed by atoms with Gasteiger partial charge in [0.25, 0.3) is 0 Å². The summed E-state index contributed by atoms with van der Waals surface area (Å²) in [6, 6.07) is 0. The standard InChI is InChI=1S/2P4S3/c2*5-1-2-3(1)7-4(5)6-2. The van der Waals surface area contributed by atoms with Crippen LogP contribution in [-0.4, -0.2) is 0 Å². The van der Waals surface area contributed by atoms with Crippen molar-refractivity contribution in [2.24, 2.45) is 0 Å². The molecule has 0 N–H and O–H groups in total. The van der Waals surface area contributed by atoms with Crippen LogP contribution in [0.1, 0.15) is 0 Å². The van der Waals surface area contributed by atoms with E-state index in [0.717, 1.165) is 0 Å². The van der Waals surface area contributed by atoms with Crippen LogP contribution in [0.3, 0.4) is 0 Å². The van der Waals surface area contributed by atoms with Gasteiger partial charge in [-0.15, -0.1) is 0 Å². The van der Waals surface area contributed by atoms with Crippen LogP contribution in [0.2, 0.25) is 0 Å². The molecule has 0 atom stereocenters. The first-order valence-corrected chi connectivity index (χ1v) is 30.5. The summed E-state index contributed by atoms with van der Waals surface area (Å²) in [4.78, 5) is 1.01.